The number of piperidine rings is 1. The SMILES string of the molecule is COc1ncnc(C2CC2)c1-c1ncnc(NCC23CCC(C2)C(c2nc(F)ccc2C2CCN(C(C)=O)CC2)CC3)n1. The van der Waals surface area contributed by atoms with Crippen molar-refractivity contribution in [3.8, 4) is 17.3 Å². The lowest BCUT2D eigenvalue weighted by Gasteiger charge is -2.39. The van der Waals surface area contributed by atoms with Crippen molar-refractivity contribution in [2.75, 3.05) is 32.1 Å². The van der Waals surface area contributed by atoms with Crippen LogP contribution in [0.4, 0.5) is 10.3 Å². The highest BCUT2D eigenvalue weighted by Gasteiger charge is 2.47. The summed E-state index contributed by atoms with van der Waals surface area (Å²) in [7, 11) is 1.61. The van der Waals surface area contributed by atoms with Gasteiger partial charge >= 0.3 is 0 Å². The first-order valence-corrected chi connectivity index (χ1v) is 15.7. The lowest BCUT2D eigenvalue weighted by Crippen LogP contribution is -2.37. The van der Waals surface area contributed by atoms with Gasteiger partial charge in [0, 0.05) is 38.4 Å². The molecule has 1 amide bonds. The monoisotopic (exact) mass is 586 g/mol. The Morgan fingerprint density at radius 3 is 2.53 bits per heavy atom. The predicted octanol–water partition coefficient (Wildman–Crippen LogP) is 5.25. The van der Waals surface area contributed by atoms with Gasteiger partial charge in [0.05, 0.1) is 18.5 Å². The first-order chi connectivity index (χ1) is 20.9. The Morgan fingerprint density at radius 1 is 0.977 bits per heavy atom. The van der Waals surface area contributed by atoms with Gasteiger partial charge in [0.15, 0.2) is 5.82 Å². The van der Waals surface area contributed by atoms with Gasteiger partial charge in [-0.3, -0.25) is 4.79 Å². The molecule has 43 heavy (non-hydrogen) atoms. The highest BCUT2D eigenvalue weighted by atomic mass is 19.1. The van der Waals surface area contributed by atoms with E-state index >= 15 is 0 Å². The van der Waals surface area contributed by atoms with Gasteiger partial charge in [-0.2, -0.15) is 9.37 Å². The summed E-state index contributed by atoms with van der Waals surface area (Å²) in [6.07, 6.45) is 12.4. The molecular weight excluding hydrogens is 547 g/mol. The van der Waals surface area contributed by atoms with Crippen LogP contribution in [-0.4, -0.2) is 67.5 Å². The van der Waals surface area contributed by atoms with Gasteiger partial charge < -0.3 is 15.0 Å². The fraction of sp³-hybridized carbons (Fsp3) is 0.594. The molecule has 7 rings (SSSR count). The number of anilines is 1. The van der Waals surface area contributed by atoms with Crippen molar-refractivity contribution in [2.45, 2.75) is 82.5 Å². The number of methoxy groups -OCH3 is 1. The summed E-state index contributed by atoms with van der Waals surface area (Å²) in [5.41, 5.74) is 4.00. The number of carbonyl (C=O) groups excluding carboxylic acids is 1. The number of amides is 1. The Morgan fingerprint density at radius 2 is 1.77 bits per heavy atom. The quantitative estimate of drug-likeness (QED) is 0.353. The number of hydrogen-bond acceptors (Lipinski definition) is 9. The normalized spacial score (nSPS) is 25.5. The number of nitrogens with zero attached hydrogens (tertiary/aromatic N) is 7. The molecule has 0 aromatic carbocycles. The van der Waals surface area contributed by atoms with Crippen molar-refractivity contribution in [1.82, 2.24) is 34.8 Å². The zero-order chi connectivity index (χ0) is 29.6. The molecule has 3 saturated carbocycles. The van der Waals surface area contributed by atoms with E-state index in [2.05, 4.69) is 30.2 Å². The third kappa shape index (κ3) is 5.54. The molecule has 0 spiro atoms. The molecule has 3 aromatic heterocycles. The van der Waals surface area contributed by atoms with Crippen LogP contribution in [0.5, 0.6) is 5.88 Å². The first-order valence-electron chi connectivity index (χ1n) is 15.7. The molecule has 0 radical (unpaired) electrons. The molecule has 1 aliphatic heterocycles. The summed E-state index contributed by atoms with van der Waals surface area (Å²) < 4.78 is 20.1. The maximum absolute atomic E-state index is 14.5. The van der Waals surface area contributed by atoms with Gasteiger partial charge in [-0.1, -0.05) is 6.07 Å². The van der Waals surface area contributed by atoms with Crippen LogP contribution in [-0.2, 0) is 4.79 Å². The second-order valence-electron chi connectivity index (χ2n) is 12.9. The molecule has 10 nitrogen and oxygen atoms in total. The summed E-state index contributed by atoms with van der Waals surface area (Å²) in [6, 6.07) is 3.47. The zero-order valence-corrected chi connectivity index (χ0v) is 24.9. The van der Waals surface area contributed by atoms with E-state index < -0.39 is 5.95 Å². The molecule has 226 valence electrons. The third-order valence-corrected chi connectivity index (χ3v) is 10.4. The lowest BCUT2D eigenvalue weighted by atomic mass is 9.69. The van der Waals surface area contributed by atoms with Crippen LogP contribution >= 0.6 is 0 Å². The Bertz CT molecular complexity index is 1510. The molecule has 2 bridgehead atoms. The molecular formula is C32H39FN8O2. The van der Waals surface area contributed by atoms with Crippen LogP contribution in [0, 0.1) is 17.3 Å². The Balaban J connectivity index is 1.05. The molecule has 11 heteroatoms. The first kappa shape index (κ1) is 28.0. The minimum atomic E-state index is -0.396. The minimum Gasteiger partial charge on any atom is -0.480 e. The number of ether oxygens (including phenoxy) is 1. The third-order valence-electron chi connectivity index (χ3n) is 10.4. The summed E-state index contributed by atoms with van der Waals surface area (Å²) in [5, 5.41) is 3.53. The van der Waals surface area contributed by atoms with Crippen molar-refractivity contribution in [1.29, 1.82) is 0 Å². The van der Waals surface area contributed by atoms with E-state index in [9.17, 15) is 9.18 Å². The van der Waals surface area contributed by atoms with Crippen molar-refractivity contribution in [3.05, 3.63) is 47.7 Å². The van der Waals surface area contributed by atoms with Crippen molar-refractivity contribution in [2.24, 2.45) is 11.3 Å². The highest BCUT2D eigenvalue weighted by Crippen LogP contribution is 2.57. The van der Waals surface area contributed by atoms with Crippen LogP contribution < -0.4 is 10.1 Å². The van der Waals surface area contributed by atoms with E-state index in [1.807, 2.05) is 11.0 Å². The molecule has 3 atom stereocenters. The molecule has 1 N–H and O–H groups in total. The molecule has 3 aliphatic carbocycles. The van der Waals surface area contributed by atoms with Crippen molar-refractivity contribution >= 4 is 11.9 Å². The number of aromatic nitrogens is 6. The predicted molar refractivity (Wildman–Crippen MR) is 158 cm³/mol. The number of hydrogen-bond donors (Lipinski definition) is 1. The molecule has 3 unspecified atom stereocenters. The van der Waals surface area contributed by atoms with Crippen molar-refractivity contribution < 1.29 is 13.9 Å². The fourth-order valence-electron chi connectivity index (χ4n) is 7.92. The molecule has 4 fully saturated rings. The smallest absolute Gasteiger partial charge is 0.227 e. The lowest BCUT2D eigenvalue weighted by molar-refractivity contribution is -0.129. The zero-order valence-electron chi connectivity index (χ0n) is 24.9. The average molecular weight is 587 g/mol. The highest BCUT2D eigenvalue weighted by molar-refractivity contribution is 5.73. The van der Waals surface area contributed by atoms with Crippen LogP contribution in [0.15, 0.2) is 24.8 Å². The Labute approximate surface area is 251 Å². The number of halogens is 1. The topological polar surface area (TPSA) is 119 Å². The van der Waals surface area contributed by atoms with Gasteiger partial charge in [-0.05, 0) is 86.7 Å². The minimum absolute atomic E-state index is 0.129. The number of carbonyl (C=O) groups is 1. The van der Waals surface area contributed by atoms with Gasteiger partial charge in [-0.25, -0.2) is 24.9 Å². The second-order valence-corrected chi connectivity index (χ2v) is 12.9. The van der Waals surface area contributed by atoms with E-state index in [0.717, 1.165) is 94.4 Å². The van der Waals surface area contributed by atoms with Gasteiger partial charge in [0.1, 0.15) is 18.2 Å². The molecule has 1 saturated heterocycles. The Kier molecular flexibility index (Phi) is 7.43. The number of pyridine rings is 1. The largest absolute Gasteiger partial charge is 0.480 e. The van der Waals surface area contributed by atoms with E-state index in [4.69, 9.17) is 9.72 Å². The van der Waals surface area contributed by atoms with Crippen molar-refractivity contribution in [3.63, 3.8) is 0 Å². The number of likely N-dealkylation sites (tertiary alicyclic amines) is 1. The summed E-state index contributed by atoms with van der Waals surface area (Å²) in [4.78, 5) is 40.8. The van der Waals surface area contributed by atoms with Gasteiger partial charge in [0.25, 0.3) is 0 Å². The van der Waals surface area contributed by atoms with Crippen LogP contribution in [0.3, 0.4) is 0 Å². The molecule has 4 aliphatic rings. The van der Waals surface area contributed by atoms with Crippen LogP contribution in [0.1, 0.15) is 99.4 Å². The second kappa shape index (κ2) is 11.4. The summed E-state index contributed by atoms with van der Waals surface area (Å²) in [6.45, 7) is 3.92. The molecule has 3 aromatic rings. The number of rotatable bonds is 8. The standard InChI is InChI=1S/C32H39FN8O2/c1-19(42)41-13-9-20(10-14-41)23-5-6-25(33)39-28(23)24-8-12-32(11-7-22(24)15-32)16-34-31-38-18-36-29(40-31)26-27(21-3-4-21)35-17-37-30(26)43-2/h5-6,17-18,20-22,24H,3-4,7-16H2,1-2H3,(H,34,36,38,40). The fourth-order valence-corrected chi connectivity index (χ4v) is 7.92. The summed E-state index contributed by atoms with van der Waals surface area (Å²) >= 11 is 0. The van der Waals surface area contributed by atoms with Gasteiger partial charge in [0.2, 0.25) is 23.7 Å². The van der Waals surface area contributed by atoms with Crippen LogP contribution in [0.25, 0.3) is 11.4 Å². The van der Waals surface area contributed by atoms with E-state index in [0.29, 0.717) is 35.4 Å². The average Bonchev–Trinajstić information content (AvgIpc) is 3.83. The summed E-state index contributed by atoms with van der Waals surface area (Å²) in [5.74, 6) is 2.75. The van der Waals surface area contributed by atoms with E-state index in [1.54, 1.807) is 20.4 Å². The Hall–Kier alpha value is -3.76. The van der Waals surface area contributed by atoms with E-state index in [-0.39, 0.29) is 17.2 Å². The van der Waals surface area contributed by atoms with Gasteiger partial charge in [-0.15, -0.1) is 0 Å². The molecule has 4 heterocycles. The number of nitrogens with one attached hydrogen (secondary N) is 1. The maximum Gasteiger partial charge on any atom is 0.227 e. The number of fused-ring (bicyclic) bond motifs is 2. The van der Waals surface area contributed by atoms with E-state index in [1.165, 1.54) is 18.0 Å². The maximum atomic E-state index is 14.5. The van der Waals surface area contributed by atoms with Crippen LogP contribution in [0.2, 0.25) is 0 Å².